The van der Waals surface area contributed by atoms with E-state index in [0.717, 1.165) is 38.8 Å². The van der Waals surface area contributed by atoms with Crippen LogP contribution in [0, 0.1) is 5.92 Å². The molecule has 6 nitrogen and oxygen atoms in total. The Morgan fingerprint density at radius 3 is 2.62 bits per heavy atom. The van der Waals surface area contributed by atoms with Crippen molar-refractivity contribution in [3.05, 3.63) is 0 Å². The van der Waals surface area contributed by atoms with Crippen molar-refractivity contribution >= 4 is 10.2 Å². The first-order valence-electron chi connectivity index (χ1n) is 8.03. The molecule has 0 spiro atoms. The van der Waals surface area contributed by atoms with Gasteiger partial charge in [0.05, 0.1) is 12.1 Å². The van der Waals surface area contributed by atoms with Crippen LogP contribution < -0.4 is 10.0 Å². The molecule has 0 aromatic rings. The summed E-state index contributed by atoms with van der Waals surface area (Å²) in [7, 11) is -3.39. The van der Waals surface area contributed by atoms with Gasteiger partial charge in [-0.25, -0.2) is 0 Å². The molecule has 2 saturated heterocycles. The van der Waals surface area contributed by atoms with Crippen LogP contribution in [0.3, 0.4) is 0 Å². The molecule has 124 valence electrons. The number of nitrogens with one attached hydrogen (secondary N) is 2. The lowest BCUT2D eigenvalue weighted by molar-refractivity contribution is 0.176. The van der Waals surface area contributed by atoms with Crippen LogP contribution in [0.15, 0.2) is 0 Å². The van der Waals surface area contributed by atoms with Gasteiger partial charge < -0.3 is 10.1 Å². The molecule has 2 N–H and O–H groups in total. The van der Waals surface area contributed by atoms with Gasteiger partial charge in [0, 0.05) is 19.7 Å². The van der Waals surface area contributed by atoms with Gasteiger partial charge in [0.25, 0.3) is 10.2 Å². The quantitative estimate of drug-likeness (QED) is 0.678. The van der Waals surface area contributed by atoms with Crippen LogP contribution >= 0.6 is 0 Å². The summed E-state index contributed by atoms with van der Waals surface area (Å²) in [5.41, 5.74) is -0.446. The van der Waals surface area contributed by atoms with E-state index >= 15 is 0 Å². The van der Waals surface area contributed by atoms with E-state index in [2.05, 4.69) is 17.0 Å². The molecule has 1 unspecified atom stereocenters. The third kappa shape index (κ3) is 4.89. The van der Waals surface area contributed by atoms with Crippen LogP contribution in [-0.4, -0.2) is 57.7 Å². The zero-order chi connectivity index (χ0) is 15.3. The summed E-state index contributed by atoms with van der Waals surface area (Å²) in [6.45, 7) is 8.43. The van der Waals surface area contributed by atoms with E-state index in [0.29, 0.717) is 32.2 Å². The predicted octanol–water partition coefficient (Wildman–Crippen LogP) is 0.711. The molecule has 0 aliphatic carbocycles. The highest BCUT2D eigenvalue weighted by atomic mass is 32.2. The number of hydrogen-bond donors (Lipinski definition) is 2. The molecule has 2 rings (SSSR count). The summed E-state index contributed by atoms with van der Waals surface area (Å²) in [5, 5.41) is 3.42. The van der Waals surface area contributed by atoms with Gasteiger partial charge >= 0.3 is 0 Å². The molecule has 0 aromatic carbocycles. The lowest BCUT2D eigenvalue weighted by Gasteiger charge is -2.34. The molecule has 0 radical (unpaired) electrons. The smallest absolute Gasteiger partial charge is 0.280 e. The van der Waals surface area contributed by atoms with E-state index in [1.165, 1.54) is 0 Å². The first-order chi connectivity index (χ1) is 9.95. The third-order valence-electron chi connectivity index (χ3n) is 4.37. The van der Waals surface area contributed by atoms with E-state index < -0.39 is 15.7 Å². The number of rotatable bonds is 7. The first-order valence-corrected chi connectivity index (χ1v) is 9.47. The number of piperidine rings is 1. The third-order valence-corrected chi connectivity index (χ3v) is 6.16. The lowest BCUT2D eigenvalue weighted by atomic mass is 9.98. The zero-order valence-electron chi connectivity index (χ0n) is 13.2. The van der Waals surface area contributed by atoms with Gasteiger partial charge in [0.2, 0.25) is 0 Å². The molecule has 21 heavy (non-hydrogen) atoms. The average molecular weight is 319 g/mol. The Morgan fingerprint density at radius 1 is 1.33 bits per heavy atom. The van der Waals surface area contributed by atoms with E-state index in [-0.39, 0.29) is 0 Å². The van der Waals surface area contributed by atoms with E-state index in [9.17, 15) is 8.42 Å². The van der Waals surface area contributed by atoms with E-state index in [1.54, 1.807) is 4.31 Å². The zero-order valence-corrected chi connectivity index (χ0v) is 14.0. The van der Waals surface area contributed by atoms with Gasteiger partial charge in [-0.1, -0.05) is 6.92 Å². The van der Waals surface area contributed by atoms with Crippen LogP contribution in [0.4, 0.5) is 0 Å². The Hall–Kier alpha value is -0.210. The van der Waals surface area contributed by atoms with Crippen LogP contribution in [0.1, 0.15) is 39.5 Å². The molecular weight excluding hydrogens is 290 g/mol. The average Bonchev–Trinajstić information content (AvgIpc) is 2.85. The number of nitrogens with zero attached hydrogens (tertiary/aromatic N) is 1. The van der Waals surface area contributed by atoms with Crippen molar-refractivity contribution in [3.63, 3.8) is 0 Å². The lowest BCUT2D eigenvalue weighted by Crippen LogP contribution is -2.54. The maximum Gasteiger partial charge on any atom is 0.280 e. The van der Waals surface area contributed by atoms with E-state index in [1.807, 2.05) is 6.92 Å². The second-order valence-corrected chi connectivity index (χ2v) is 8.19. The SMILES string of the molecule is CCCNCC1CCN(S(=O)(=O)NC2(C)CCOC2)CC1. The minimum Gasteiger partial charge on any atom is -0.379 e. The largest absolute Gasteiger partial charge is 0.379 e. The highest BCUT2D eigenvalue weighted by molar-refractivity contribution is 7.87. The van der Waals surface area contributed by atoms with Crippen molar-refractivity contribution < 1.29 is 13.2 Å². The molecule has 2 aliphatic heterocycles. The summed E-state index contributed by atoms with van der Waals surface area (Å²) in [5.74, 6) is 0.591. The molecule has 2 aliphatic rings. The summed E-state index contributed by atoms with van der Waals surface area (Å²) < 4.78 is 34.6. The van der Waals surface area contributed by atoms with E-state index in [4.69, 9.17) is 4.74 Å². The second-order valence-electron chi connectivity index (χ2n) is 6.52. The molecular formula is C14H29N3O3S. The Balaban J connectivity index is 1.80. The molecule has 0 saturated carbocycles. The van der Waals surface area contributed by atoms with Crippen molar-refractivity contribution in [3.8, 4) is 0 Å². The predicted molar refractivity (Wildman–Crippen MR) is 83.4 cm³/mol. The molecule has 0 aromatic heterocycles. The summed E-state index contributed by atoms with van der Waals surface area (Å²) >= 11 is 0. The monoisotopic (exact) mass is 319 g/mol. The van der Waals surface area contributed by atoms with Crippen molar-refractivity contribution in [2.24, 2.45) is 5.92 Å². The molecule has 2 heterocycles. The molecule has 7 heteroatoms. The number of ether oxygens (including phenoxy) is 1. The Kier molecular flexibility index (Phi) is 6.02. The Bertz CT molecular complexity index is 413. The maximum absolute atomic E-state index is 12.5. The summed E-state index contributed by atoms with van der Waals surface area (Å²) in [6, 6.07) is 0. The van der Waals surface area contributed by atoms with Gasteiger partial charge in [-0.3, -0.25) is 0 Å². The normalized spacial score (nSPS) is 29.0. The standard InChI is InChI=1S/C14H29N3O3S/c1-3-7-15-11-13-4-8-17(9-5-13)21(18,19)16-14(2)6-10-20-12-14/h13,15-16H,3-12H2,1-2H3. The fourth-order valence-electron chi connectivity index (χ4n) is 2.96. The van der Waals surface area contributed by atoms with Crippen LogP contribution in [0.25, 0.3) is 0 Å². The molecule has 2 fully saturated rings. The molecule has 0 amide bonds. The fraction of sp³-hybridized carbons (Fsp3) is 1.00. The summed E-state index contributed by atoms with van der Waals surface area (Å²) in [6.07, 6.45) is 3.75. The minimum absolute atomic E-state index is 0.446. The van der Waals surface area contributed by atoms with Crippen LogP contribution in [0.2, 0.25) is 0 Å². The summed E-state index contributed by atoms with van der Waals surface area (Å²) in [4.78, 5) is 0. The minimum atomic E-state index is -3.39. The molecule has 1 atom stereocenters. The van der Waals surface area contributed by atoms with Gasteiger partial charge in [-0.15, -0.1) is 0 Å². The maximum atomic E-state index is 12.5. The van der Waals surface area contributed by atoms with Crippen LogP contribution in [0.5, 0.6) is 0 Å². The van der Waals surface area contributed by atoms with Gasteiger partial charge in [0.15, 0.2) is 0 Å². The van der Waals surface area contributed by atoms with Gasteiger partial charge in [-0.05, 0) is 51.6 Å². The van der Waals surface area contributed by atoms with Crippen molar-refractivity contribution in [1.29, 1.82) is 0 Å². The van der Waals surface area contributed by atoms with Gasteiger partial charge in [0.1, 0.15) is 0 Å². The highest BCUT2D eigenvalue weighted by Crippen LogP contribution is 2.23. The van der Waals surface area contributed by atoms with Crippen LogP contribution in [-0.2, 0) is 14.9 Å². The van der Waals surface area contributed by atoms with Crippen molar-refractivity contribution in [2.75, 3.05) is 39.4 Å². The fourth-order valence-corrected chi connectivity index (χ4v) is 4.56. The van der Waals surface area contributed by atoms with Gasteiger partial charge in [-0.2, -0.15) is 17.4 Å². The van der Waals surface area contributed by atoms with Crippen molar-refractivity contribution in [2.45, 2.75) is 45.1 Å². The highest BCUT2D eigenvalue weighted by Gasteiger charge is 2.37. The molecule has 0 bridgehead atoms. The Morgan fingerprint density at radius 2 is 2.05 bits per heavy atom. The number of hydrogen-bond acceptors (Lipinski definition) is 4. The topological polar surface area (TPSA) is 70.7 Å². The van der Waals surface area contributed by atoms with Crippen molar-refractivity contribution in [1.82, 2.24) is 14.3 Å². The Labute approximate surface area is 128 Å². The first kappa shape index (κ1) is 17.1. The second kappa shape index (κ2) is 7.37.